The number of aryl methyl sites for hydroxylation is 26. The SMILES string of the molecule is Cc1cc(C)c(C2CC3c4cc(c(C)cc4C)C(CC4c5cc(c(C)cc5C)C5CC6c7cc(c(C)cc7C)Cc7cc(c(C)cc7C)CCC(c7cc6c(C)cc7C)c6cc(c(C)cc6C)C(CC(c6cc3c(C)cc6C)c3cc4c(C)cc3C)c3cc5c(C)cc3C)c3cc(c(C)cc3C)C(C)c3cc2c(C)cc3C)cc1C. The van der Waals surface area contributed by atoms with Crippen molar-refractivity contribution < 1.29 is 0 Å². The van der Waals surface area contributed by atoms with E-state index in [2.05, 4.69) is 326 Å². The van der Waals surface area contributed by atoms with Gasteiger partial charge in [-0.15, -0.1) is 0 Å². The third-order valence-electron chi connectivity index (χ3n) is 31.0. The number of hydrogen-bond acceptors (Lipinski definition) is 0. The van der Waals surface area contributed by atoms with Gasteiger partial charge < -0.3 is 0 Å². The molecular weight excluding hydrogens is 1380 g/mol. The minimum absolute atomic E-state index is 0.00210. The minimum Gasteiger partial charge on any atom is -0.0558 e. The Bertz CT molecular complexity index is 6080. The molecule has 0 spiro atoms. The van der Waals surface area contributed by atoms with E-state index >= 15 is 0 Å². The lowest BCUT2D eigenvalue weighted by molar-refractivity contribution is 0.599. The molecule has 17 rings (SSSR count). The number of benzene rings is 12. The maximum absolute atomic E-state index is 2.85. The Kier molecular flexibility index (Phi) is 20.0. The van der Waals surface area contributed by atoms with Gasteiger partial charge in [0.15, 0.2) is 0 Å². The molecule has 0 fully saturated rings. The molecule has 10 atom stereocenters. The predicted molar refractivity (Wildman–Crippen MR) is 489 cm³/mol. The molecule has 586 valence electrons. The molecular formula is C115H126. The first kappa shape index (κ1) is 78.2. The van der Waals surface area contributed by atoms with Crippen LogP contribution in [0.4, 0.5) is 0 Å². The third-order valence-corrected chi connectivity index (χ3v) is 31.0. The summed E-state index contributed by atoms with van der Waals surface area (Å²) in [5.41, 5.74) is 68.5. The van der Waals surface area contributed by atoms with Crippen molar-refractivity contribution in [1.29, 1.82) is 0 Å². The summed E-state index contributed by atoms with van der Waals surface area (Å²) in [7, 11) is 0. The van der Waals surface area contributed by atoms with Crippen molar-refractivity contribution >= 4 is 0 Å². The van der Waals surface area contributed by atoms with Crippen molar-refractivity contribution in [2.24, 2.45) is 0 Å². The van der Waals surface area contributed by atoms with Crippen LogP contribution in [0.25, 0.3) is 0 Å². The fourth-order valence-corrected chi connectivity index (χ4v) is 24.6. The standard InChI is InChI=1S/C115H126/c1-58-29-65(8)90(41-59(58)2)108-54-111-99-49-98(73(16)36-74(99)17)110(95-46-89(64(7)33-70(95)13)83(26)88-45-94(108)69(12)32-63(88)6)56-114-104-52-102(77(20)39-79(104)22)112-55-109-91-44-86(62(5)31-66(91)9)43-85-42-84(60(3)30-61(85)4)27-28-87(92-47-96(109)71(14)34-67(92)10)93-48-97(72(15)35-68(93)11)113(103-51-101(112)76(19)38-78(103)21)57-115(106-50-100(111)75(18)37-81(106)24)107-53-105(114)80(23)40-82(107)25/h29-42,44-53,83,87,108-115H,27-28,43,54-57H2,1-26H3. The van der Waals surface area contributed by atoms with Gasteiger partial charge in [0, 0.05) is 59.2 Å². The second kappa shape index (κ2) is 29.4. The van der Waals surface area contributed by atoms with Crippen LogP contribution in [-0.2, 0) is 12.8 Å². The summed E-state index contributed by atoms with van der Waals surface area (Å²) in [6.45, 7) is 63.7. The quantitative estimate of drug-likeness (QED) is 0.154. The van der Waals surface area contributed by atoms with E-state index in [0.717, 1.165) is 44.9 Å². The van der Waals surface area contributed by atoms with Gasteiger partial charge in [-0.05, 0) is 485 Å². The van der Waals surface area contributed by atoms with Crippen LogP contribution >= 0.6 is 0 Å². The van der Waals surface area contributed by atoms with Crippen LogP contribution in [0.15, 0.2) is 146 Å². The normalized spacial score (nSPS) is 20.7. The summed E-state index contributed by atoms with van der Waals surface area (Å²) in [5, 5.41) is 0. The van der Waals surface area contributed by atoms with Gasteiger partial charge in [-0.1, -0.05) is 153 Å². The molecule has 12 aromatic carbocycles. The summed E-state index contributed by atoms with van der Waals surface area (Å²) in [4.78, 5) is 0. The second-order valence-corrected chi connectivity index (χ2v) is 38.6. The van der Waals surface area contributed by atoms with Crippen molar-refractivity contribution in [2.75, 3.05) is 0 Å². The maximum Gasteiger partial charge on any atom is 0.0104 e. The highest BCUT2D eigenvalue weighted by Gasteiger charge is 2.40. The van der Waals surface area contributed by atoms with Gasteiger partial charge in [0.25, 0.3) is 0 Å². The molecule has 0 heterocycles. The largest absolute Gasteiger partial charge is 0.0558 e. The van der Waals surface area contributed by atoms with Crippen LogP contribution in [0.3, 0.4) is 0 Å². The van der Waals surface area contributed by atoms with Crippen LogP contribution in [0.2, 0.25) is 0 Å². The monoisotopic (exact) mass is 1510 g/mol. The van der Waals surface area contributed by atoms with Crippen molar-refractivity contribution in [2.45, 2.75) is 284 Å². The highest BCUT2D eigenvalue weighted by atomic mass is 14.4. The topological polar surface area (TPSA) is 0 Å². The molecule has 115 heavy (non-hydrogen) atoms. The molecule has 0 aromatic heterocycles. The predicted octanol–water partition coefficient (Wildman–Crippen LogP) is 29.9. The van der Waals surface area contributed by atoms with Gasteiger partial charge in [-0.2, -0.15) is 0 Å². The van der Waals surface area contributed by atoms with Gasteiger partial charge in [0.05, 0.1) is 0 Å². The molecule has 12 aromatic rings. The van der Waals surface area contributed by atoms with Gasteiger partial charge in [0.1, 0.15) is 0 Å². The molecule has 0 radical (unpaired) electrons. The second-order valence-electron chi connectivity index (χ2n) is 38.6. The Labute approximate surface area is 692 Å². The molecule has 0 nitrogen and oxygen atoms in total. The Hall–Kier alpha value is -9.36. The van der Waals surface area contributed by atoms with Gasteiger partial charge in [-0.3, -0.25) is 0 Å². The van der Waals surface area contributed by atoms with Crippen LogP contribution in [0, 0.1) is 173 Å². The van der Waals surface area contributed by atoms with Crippen molar-refractivity contribution in [3.63, 3.8) is 0 Å². The molecule has 0 amide bonds. The van der Waals surface area contributed by atoms with Crippen molar-refractivity contribution in [3.05, 3.63) is 413 Å². The summed E-state index contributed by atoms with van der Waals surface area (Å²) in [5.74, 6) is 0.548. The van der Waals surface area contributed by atoms with Gasteiger partial charge in [0.2, 0.25) is 0 Å². The van der Waals surface area contributed by atoms with Crippen LogP contribution < -0.4 is 0 Å². The number of fused-ring (bicyclic) bond motifs is 22. The first-order valence-corrected chi connectivity index (χ1v) is 43.9. The molecule has 30 bridgehead atoms. The Morgan fingerprint density at radius 1 is 0.148 bits per heavy atom. The molecule has 5 aliphatic rings. The molecule has 5 aliphatic carbocycles. The molecule has 0 saturated heterocycles. The van der Waals surface area contributed by atoms with E-state index in [1.165, 1.54) is 267 Å². The fourth-order valence-electron chi connectivity index (χ4n) is 24.6. The molecule has 0 aliphatic heterocycles. The van der Waals surface area contributed by atoms with Crippen LogP contribution in [0.1, 0.15) is 365 Å². The number of hydrogen-bond donors (Lipinski definition) is 0. The molecule has 10 unspecified atom stereocenters. The highest BCUT2D eigenvalue weighted by Crippen LogP contribution is 2.56. The average Bonchev–Trinajstić information content (AvgIpc) is 0.741. The first-order chi connectivity index (χ1) is 54.7. The lowest BCUT2D eigenvalue weighted by Crippen LogP contribution is -2.21. The third kappa shape index (κ3) is 13.3. The minimum atomic E-state index is -0.00210. The van der Waals surface area contributed by atoms with E-state index in [-0.39, 0.29) is 59.2 Å². The van der Waals surface area contributed by atoms with Gasteiger partial charge >= 0.3 is 0 Å². The van der Waals surface area contributed by atoms with E-state index < -0.39 is 0 Å². The van der Waals surface area contributed by atoms with E-state index in [9.17, 15) is 0 Å². The summed E-state index contributed by atoms with van der Waals surface area (Å²) in [6.07, 6.45) is 6.57. The Morgan fingerprint density at radius 2 is 0.313 bits per heavy atom. The highest BCUT2D eigenvalue weighted by molar-refractivity contribution is 5.64. The smallest absolute Gasteiger partial charge is 0.0104 e. The Morgan fingerprint density at radius 3 is 0.574 bits per heavy atom. The van der Waals surface area contributed by atoms with Gasteiger partial charge in [-0.25, -0.2) is 0 Å². The summed E-state index contributed by atoms with van der Waals surface area (Å²) >= 11 is 0. The summed E-state index contributed by atoms with van der Waals surface area (Å²) in [6, 6.07) is 64.5. The first-order valence-electron chi connectivity index (χ1n) is 43.9. The van der Waals surface area contributed by atoms with E-state index in [0.29, 0.717) is 0 Å². The van der Waals surface area contributed by atoms with Crippen LogP contribution in [0.5, 0.6) is 0 Å². The zero-order valence-electron chi connectivity index (χ0n) is 74.6. The van der Waals surface area contributed by atoms with Crippen LogP contribution in [-0.4, -0.2) is 0 Å². The zero-order valence-corrected chi connectivity index (χ0v) is 74.6. The van der Waals surface area contributed by atoms with E-state index in [1.807, 2.05) is 0 Å². The molecule has 0 saturated carbocycles. The summed E-state index contributed by atoms with van der Waals surface area (Å²) < 4.78 is 0. The lowest BCUT2D eigenvalue weighted by atomic mass is 9.66. The maximum atomic E-state index is 2.85. The zero-order chi connectivity index (χ0) is 81.4. The van der Waals surface area contributed by atoms with E-state index in [1.54, 1.807) is 0 Å². The number of rotatable bonds is 1. The fraction of sp³-hybridized carbons (Fsp3) is 0.374. The Balaban J connectivity index is 1.06. The van der Waals surface area contributed by atoms with E-state index in [4.69, 9.17) is 0 Å². The molecule has 0 N–H and O–H groups in total. The lowest BCUT2D eigenvalue weighted by Gasteiger charge is -2.37. The molecule has 0 heteroatoms. The van der Waals surface area contributed by atoms with Crippen molar-refractivity contribution in [3.8, 4) is 0 Å². The van der Waals surface area contributed by atoms with Crippen molar-refractivity contribution in [1.82, 2.24) is 0 Å². The average molecular weight is 1510 g/mol.